The molecule has 3 rings (SSSR count). The third kappa shape index (κ3) is 5.77. The number of nitrogens with zero attached hydrogens (tertiary/aromatic N) is 2. The Hall–Kier alpha value is -2.91. The van der Waals surface area contributed by atoms with E-state index < -0.39 is 29.8 Å². The molecule has 1 aromatic carbocycles. The number of rotatable bonds is 8. The summed E-state index contributed by atoms with van der Waals surface area (Å²) in [4.78, 5) is 41.5. The van der Waals surface area contributed by atoms with Crippen molar-refractivity contribution < 1.29 is 29.0 Å². The van der Waals surface area contributed by atoms with E-state index in [1.54, 1.807) is 39.5 Å². The molecule has 9 heteroatoms. The Morgan fingerprint density at radius 1 is 1.12 bits per heavy atom. The number of anilines is 1. The largest absolute Gasteiger partial charge is 0.462 e. The van der Waals surface area contributed by atoms with Crippen LogP contribution in [0.2, 0.25) is 0 Å². The van der Waals surface area contributed by atoms with Crippen molar-refractivity contribution in [1.29, 1.82) is 0 Å². The molecule has 1 aliphatic rings. The van der Waals surface area contributed by atoms with E-state index in [4.69, 9.17) is 9.47 Å². The van der Waals surface area contributed by atoms with Crippen molar-refractivity contribution in [2.24, 2.45) is 0 Å². The van der Waals surface area contributed by atoms with Crippen molar-refractivity contribution in [2.75, 3.05) is 24.6 Å². The number of esters is 2. The molecule has 8 nitrogen and oxygen atoms in total. The first-order valence-corrected chi connectivity index (χ1v) is 12.2. The third-order valence-corrected chi connectivity index (χ3v) is 6.65. The molecule has 1 aliphatic heterocycles. The minimum Gasteiger partial charge on any atom is -0.462 e. The molecule has 1 unspecified atom stereocenters. The minimum atomic E-state index is -1.28. The van der Waals surface area contributed by atoms with Crippen LogP contribution in [0, 0.1) is 6.92 Å². The van der Waals surface area contributed by atoms with Crippen LogP contribution < -0.4 is 4.90 Å². The van der Waals surface area contributed by atoms with Crippen molar-refractivity contribution in [2.45, 2.75) is 59.4 Å². The molecule has 2 aromatic rings. The van der Waals surface area contributed by atoms with Crippen LogP contribution in [-0.4, -0.2) is 59.5 Å². The van der Waals surface area contributed by atoms with Gasteiger partial charge in [-0.1, -0.05) is 30.3 Å². The Labute approximate surface area is 204 Å². The molecule has 0 radical (unpaired) electrons. The van der Waals surface area contributed by atoms with Gasteiger partial charge in [0.15, 0.2) is 0 Å². The van der Waals surface area contributed by atoms with Crippen LogP contribution in [0.3, 0.4) is 0 Å². The number of aliphatic hydroxyl groups excluding tert-OH is 1. The monoisotopic (exact) mass is 488 g/mol. The maximum Gasteiger partial charge on any atom is 0.348 e. The first kappa shape index (κ1) is 25.7. The molecule has 0 aliphatic carbocycles. The van der Waals surface area contributed by atoms with Crippen molar-refractivity contribution in [3.05, 3.63) is 51.9 Å². The van der Waals surface area contributed by atoms with E-state index in [1.165, 1.54) is 4.90 Å². The zero-order valence-corrected chi connectivity index (χ0v) is 21.1. The molecule has 34 heavy (non-hydrogen) atoms. The molecule has 0 fully saturated rings. The van der Waals surface area contributed by atoms with E-state index in [1.807, 2.05) is 30.3 Å². The van der Waals surface area contributed by atoms with Crippen LogP contribution in [0.5, 0.6) is 0 Å². The highest BCUT2D eigenvalue weighted by atomic mass is 32.1. The second kappa shape index (κ2) is 10.6. The van der Waals surface area contributed by atoms with Crippen LogP contribution in [0.25, 0.3) is 0 Å². The number of hydrogen-bond acceptors (Lipinski definition) is 8. The molecule has 2 heterocycles. The van der Waals surface area contributed by atoms with Gasteiger partial charge < -0.3 is 19.5 Å². The third-order valence-electron chi connectivity index (χ3n) is 5.34. The molecule has 1 atom stereocenters. The summed E-state index contributed by atoms with van der Waals surface area (Å²) >= 11 is 1.15. The molecule has 0 bridgehead atoms. The Bertz CT molecular complexity index is 1040. The zero-order chi connectivity index (χ0) is 25.0. The lowest BCUT2D eigenvalue weighted by Crippen LogP contribution is -2.56. The topological polar surface area (TPSA) is 96.4 Å². The van der Waals surface area contributed by atoms with Crippen LogP contribution >= 0.6 is 11.3 Å². The van der Waals surface area contributed by atoms with Gasteiger partial charge >= 0.3 is 11.9 Å². The number of thiophene rings is 1. The number of carbonyl (C=O) groups excluding carboxylic acids is 3. The van der Waals surface area contributed by atoms with Crippen LogP contribution in [0.4, 0.5) is 5.00 Å². The van der Waals surface area contributed by atoms with E-state index in [2.05, 4.69) is 0 Å². The van der Waals surface area contributed by atoms with Gasteiger partial charge in [0.25, 0.3) is 5.91 Å². The quantitative estimate of drug-likeness (QED) is 0.566. The number of amides is 1. The average molecular weight is 489 g/mol. The fourth-order valence-corrected chi connectivity index (χ4v) is 5.03. The number of benzene rings is 1. The Kier molecular flexibility index (Phi) is 7.99. The smallest absolute Gasteiger partial charge is 0.348 e. The summed E-state index contributed by atoms with van der Waals surface area (Å²) < 4.78 is 10.5. The average Bonchev–Trinajstić information content (AvgIpc) is 3.10. The van der Waals surface area contributed by atoms with Crippen molar-refractivity contribution in [3.63, 3.8) is 0 Å². The molecular formula is C25H32N2O6S. The molecular weight excluding hydrogens is 456 g/mol. The van der Waals surface area contributed by atoms with Gasteiger partial charge in [-0.3, -0.25) is 14.5 Å². The van der Waals surface area contributed by atoms with Gasteiger partial charge in [0.05, 0.1) is 18.6 Å². The fraction of sp³-hybridized carbons (Fsp3) is 0.480. The summed E-state index contributed by atoms with van der Waals surface area (Å²) in [6.07, 6.45) is -0.716. The molecule has 1 amide bonds. The highest BCUT2D eigenvalue weighted by Crippen LogP contribution is 2.41. The standard InChI is InChI=1S/C25H32N2O6S/c1-6-32-23(30)20-16(2)19-21(29)26(15-13-18(28)33-25(3,4)5)24(31)27(22(19)34-20)14-12-17-10-8-7-9-11-17/h7-11,24,31H,6,12-15H2,1-5H3. The van der Waals surface area contributed by atoms with E-state index in [0.29, 0.717) is 34.0 Å². The van der Waals surface area contributed by atoms with E-state index in [-0.39, 0.29) is 19.6 Å². The van der Waals surface area contributed by atoms with E-state index >= 15 is 0 Å². The Morgan fingerprint density at radius 3 is 2.41 bits per heavy atom. The summed E-state index contributed by atoms with van der Waals surface area (Å²) in [6.45, 7) is 9.37. The molecule has 0 saturated heterocycles. The molecule has 0 spiro atoms. The highest BCUT2D eigenvalue weighted by molar-refractivity contribution is 7.18. The van der Waals surface area contributed by atoms with Gasteiger partial charge in [0.1, 0.15) is 15.5 Å². The predicted octanol–water partition coefficient (Wildman–Crippen LogP) is 3.75. The first-order chi connectivity index (χ1) is 16.0. The summed E-state index contributed by atoms with van der Waals surface area (Å²) in [5.74, 6) is -1.38. The van der Waals surface area contributed by atoms with Gasteiger partial charge in [-0.15, -0.1) is 11.3 Å². The number of aliphatic hydroxyl groups is 1. The van der Waals surface area contributed by atoms with Gasteiger partial charge in [-0.2, -0.15) is 0 Å². The second-order valence-electron chi connectivity index (χ2n) is 9.07. The van der Waals surface area contributed by atoms with Gasteiger partial charge in [-0.05, 0) is 52.2 Å². The minimum absolute atomic E-state index is 0.0137. The number of fused-ring (bicyclic) bond motifs is 1. The Morgan fingerprint density at radius 2 is 1.79 bits per heavy atom. The van der Waals surface area contributed by atoms with Crippen molar-refractivity contribution >= 4 is 34.2 Å². The lowest BCUT2D eigenvalue weighted by atomic mass is 10.1. The molecule has 1 aromatic heterocycles. The predicted molar refractivity (Wildman–Crippen MR) is 130 cm³/mol. The summed E-state index contributed by atoms with van der Waals surface area (Å²) in [5, 5.41) is 11.7. The van der Waals surface area contributed by atoms with Crippen LogP contribution in [-0.2, 0) is 20.7 Å². The summed E-state index contributed by atoms with van der Waals surface area (Å²) in [7, 11) is 0. The van der Waals surface area contributed by atoms with E-state index in [9.17, 15) is 19.5 Å². The van der Waals surface area contributed by atoms with Gasteiger partial charge in [-0.25, -0.2) is 4.79 Å². The number of carbonyl (C=O) groups is 3. The van der Waals surface area contributed by atoms with E-state index in [0.717, 1.165) is 16.9 Å². The number of ether oxygens (including phenoxy) is 2. The maximum absolute atomic E-state index is 13.4. The van der Waals surface area contributed by atoms with Gasteiger partial charge in [0.2, 0.25) is 6.35 Å². The normalized spacial score (nSPS) is 15.8. The second-order valence-corrected chi connectivity index (χ2v) is 10.1. The van der Waals surface area contributed by atoms with Crippen LogP contribution in [0.1, 0.15) is 65.3 Å². The molecule has 184 valence electrons. The van der Waals surface area contributed by atoms with Crippen molar-refractivity contribution in [1.82, 2.24) is 4.90 Å². The number of hydrogen-bond donors (Lipinski definition) is 1. The lowest BCUT2D eigenvalue weighted by molar-refractivity contribution is -0.155. The van der Waals surface area contributed by atoms with Crippen molar-refractivity contribution in [3.8, 4) is 0 Å². The maximum atomic E-state index is 13.4. The lowest BCUT2D eigenvalue weighted by Gasteiger charge is -2.41. The zero-order valence-electron chi connectivity index (χ0n) is 20.3. The summed E-state index contributed by atoms with van der Waals surface area (Å²) in [5.41, 5.74) is 1.31. The fourth-order valence-electron chi connectivity index (χ4n) is 3.80. The summed E-state index contributed by atoms with van der Waals surface area (Å²) in [6, 6.07) is 9.80. The van der Waals surface area contributed by atoms with Crippen LogP contribution in [0.15, 0.2) is 30.3 Å². The highest BCUT2D eigenvalue weighted by Gasteiger charge is 2.41. The van der Waals surface area contributed by atoms with Gasteiger partial charge in [0, 0.05) is 13.1 Å². The SMILES string of the molecule is CCOC(=O)c1sc2c(c1C)C(=O)N(CCC(=O)OC(C)(C)C)C(O)N2CCc1ccccc1. The molecule has 0 saturated carbocycles. The molecule has 1 N–H and O–H groups in total. The Balaban J connectivity index is 1.91. The first-order valence-electron chi connectivity index (χ1n) is 11.4.